The van der Waals surface area contributed by atoms with Gasteiger partial charge >= 0.3 is 0 Å². The molecule has 14 heavy (non-hydrogen) atoms. The summed E-state index contributed by atoms with van der Waals surface area (Å²) in [6.07, 6.45) is 1.14. The fourth-order valence-electron chi connectivity index (χ4n) is 1.30. The van der Waals surface area contributed by atoms with Crippen molar-refractivity contribution in [1.29, 1.82) is 0 Å². The standard InChI is InChI=1S/C10H10F2OS/c11-10(12)14-9-3-1-2-7(5-9)4-8-6-13-8/h1-3,5,8,10H,4,6H2. The minimum atomic E-state index is -2.34. The van der Waals surface area contributed by atoms with Crippen LogP contribution in [-0.4, -0.2) is 18.5 Å². The molecule has 0 N–H and O–H groups in total. The second kappa shape index (κ2) is 4.28. The predicted molar refractivity (Wildman–Crippen MR) is 51.7 cm³/mol. The molecule has 1 heterocycles. The van der Waals surface area contributed by atoms with Crippen molar-refractivity contribution in [2.24, 2.45) is 0 Å². The monoisotopic (exact) mass is 216 g/mol. The van der Waals surface area contributed by atoms with Gasteiger partial charge in [0.1, 0.15) is 0 Å². The largest absolute Gasteiger partial charge is 0.373 e. The molecule has 0 bridgehead atoms. The Balaban J connectivity index is 2.01. The second-order valence-electron chi connectivity index (χ2n) is 3.19. The SMILES string of the molecule is FC(F)Sc1cccc(CC2CO2)c1. The highest BCUT2D eigenvalue weighted by molar-refractivity contribution is 7.99. The van der Waals surface area contributed by atoms with Crippen LogP contribution in [0.25, 0.3) is 0 Å². The summed E-state index contributed by atoms with van der Waals surface area (Å²) >= 11 is 0.586. The fourth-order valence-corrected chi connectivity index (χ4v) is 1.88. The van der Waals surface area contributed by atoms with Crippen molar-refractivity contribution in [3.63, 3.8) is 0 Å². The van der Waals surface area contributed by atoms with Gasteiger partial charge in [-0.25, -0.2) is 0 Å². The van der Waals surface area contributed by atoms with E-state index < -0.39 is 5.76 Å². The first-order valence-electron chi connectivity index (χ1n) is 4.39. The molecule has 0 radical (unpaired) electrons. The summed E-state index contributed by atoms with van der Waals surface area (Å²) in [6, 6.07) is 7.26. The van der Waals surface area contributed by atoms with Crippen LogP contribution in [0, 0.1) is 0 Å². The van der Waals surface area contributed by atoms with Gasteiger partial charge in [-0.1, -0.05) is 23.9 Å². The third-order valence-corrected chi connectivity index (χ3v) is 2.69. The van der Waals surface area contributed by atoms with Crippen LogP contribution in [-0.2, 0) is 11.2 Å². The molecule has 0 saturated carbocycles. The van der Waals surface area contributed by atoms with Gasteiger partial charge in [0.15, 0.2) is 0 Å². The minimum absolute atomic E-state index is 0.307. The molecule has 2 rings (SSSR count). The van der Waals surface area contributed by atoms with Gasteiger partial charge in [0.05, 0.1) is 12.7 Å². The molecule has 1 atom stereocenters. The van der Waals surface area contributed by atoms with Crippen LogP contribution in [0.1, 0.15) is 5.56 Å². The molecule has 0 amide bonds. The summed E-state index contributed by atoms with van der Waals surface area (Å²) in [5, 5.41) is 0. The van der Waals surface area contributed by atoms with Gasteiger partial charge in [0.2, 0.25) is 0 Å². The lowest BCUT2D eigenvalue weighted by Gasteiger charge is -2.02. The number of benzene rings is 1. The van der Waals surface area contributed by atoms with E-state index in [1.165, 1.54) is 0 Å². The van der Waals surface area contributed by atoms with E-state index >= 15 is 0 Å². The number of alkyl halides is 2. The van der Waals surface area contributed by atoms with Crippen molar-refractivity contribution in [2.75, 3.05) is 6.61 Å². The fraction of sp³-hybridized carbons (Fsp3) is 0.400. The van der Waals surface area contributed by atoms with Crippen LogP contribution >= 0.6 is 11.8 Å². The summed E-state index contributed by atoms with van der Waals surface area (Å²) < 4.78 is 29.2. The molecule has 1 unspecified atom stereocenters. The van der Waals surface area contributed by atoms with E-state index in [1.54, 1.807) is 12.1 Å². The Labute approximate surface area is 85.5 Å². The average molecular weight is 216 g/mol. The molecule has 0 aromatic heterocycles. The highest BCUT2D eigenvalue weighted by Crippen LogP contribution is 2.26. The number of halogens is 2. The van der Waals surface area contributed by atoms with Crippen molar-refractivity contribution in [1.82, 2.24) is 0 Å². The van der Waals surface area contributed by atoms with E-state index in [0.717, 1.165) is 18.6 Å². The molecular weight excluding hydrogens is 206 g/mol. The van der Waals surface area contributed by atoms with Crippen molar-refractivity contribution < 1.29 is 13.5 Å². The van der Waals surface area contributed by atoms with E-state index in [0.29, 0.717) is 22.8 Å². The van der Waals surface area contributed by atoms with Crippen LogP contribution in [0.4, 0.5) is 8.78 Å². The zero-order valence-electron chi connectivity index (χ0n) is 7.45. The maximum Gasteiger partial charge on any atom is 0.288 e. The molecule has 1 fully saturated rings. The van der Waals surface area contributed by atoms with E-state index in [1.807, 2.05) is 12.1 Å². The molecule has 0 spiro atoms. The number of thioether (sulfide) groups is 1. The average Bonchev–Trinajstić information content (AvgIpc) is 2.87. The minimum Gasteiger partial charge on any atom is -0.373 e. The Morgan fingerprint density at radius 1 is 1.50 bits per heavy atom. The Bertz CT molecular complexity index is 293. The van der Waals surface area contributed by atoms with Gasteiger partial charge in [-0.05, 0) is 17.7 Å². The topological polar surface area (TPSA) is 12.5 Å². The zero-order chi connectivity index (χ0) is 9.97. The van der Waals surface area contributed by atoms with Crippen molar-refractivity contribution in [3.8, 4) is 0 Å². The maximum absolute atomic E-state index is 12.1. The number of rotatable bonds is 4. The number of ether oxygens (including phenoxy) is 1. The molecular formula is C10H10F2OS. The Hall–Kier alpha value is -0.610. The summed E-state index contributed by atoms with van der Waals surface area (Å²) in [4.78, 5) is 0.623. The number of epoxide rings is 1. The van der Waals surface area contributed by atoms with Gasteiger partial charge < -0.3 is 4.74 Å². The predicted octanol–water partition coefficient (Wildman–Crippen LogP) is 2.94. The van der Waals surface area contributed by atoms with Crippen molar-refractivity contribution >= 4 is 11.8 Å². The van der Waals surface area contributed by atoms with Crippen LogP contribution in [0.15, 0.2) is 29.2 Å². The molecule has 4 heteroatoms. The van der Waals surface area contributed by atoms with Gasteiger partial charge in [-0.2, -0.15) is 8.78 Å². The number of hydrogen-bond acceptors (Lipinski definition) is 2. The summed E-state index contributed by atoms with van der Waals surface area (Å²) in [5.74, 6) is -2.34. The van der Waals surface area contributed by atoms with E-state index in [4.69, 9.17) is 4.74 Å². The molecule has 0 aliphatic carbocycles. The van der Waals surface area contributed by atoms with Gasteiger partial charge in [-0.3, -0.25) is 0 Å². The van der Waals surface area contributed by atoms with E-state index in [-0.39, 0.29) is 0 Å². The van der Waals surface area contributed by atoms with E-state index in [9.17, 15) is 8.78 Å². The first-order valence-corrected chi connectivity index (χ1v) is 5.27. The van der Waals surface area contributed by atoms with Crippen LogP contribution in [0.5, 0.6) is 0 Å². The normalized spacial score (nSPS) is 20.1. The third-order valence-electron chi connectivity index (χ3n) is 1.99. The summed E-state index contributed by atoms with van der Waals surface area (Å²) in [6.45, 7) is 0.798. The molecule has 1 nitrogen and oxygen atoms in total. The maximum atomic E-state index is 12.1. The van der Waals surface area contributed by atoms with Crippen LogP contribution in [0.2, 0.25) is 0 Å². The first kappa shape index (κ1) is 9.93. The molecule has 1 aromatic carbocycles. The Morgan fingerprint density at radius 3 is 2.93 bits per heavy atom. The molecule has 1 aromatic rings. The quantitative estimate of drug-likeness (QED) is 0.566. The van der Waals surface area contributed by atoms with Gasteiger partial charge in [0, 0.05) is 11.3 Å². The van der Waals surface area contributed by atoms with Crippen molar-refractivity contribution in [3.05, 3.63) is 29.8 Å². The van der Waals surface area contributed by atoms with Crippen LogP contribution < -0.4 is 0 Å². The van der Waals surface area contributed by atoms with Gasteiger partial charge in [0.25, 0.3) is 5.76 Å². The third kappa shape index (κ3) is 2.96. The Kier molecular flexibility index (Phi) is 3.03. The lowest BCUT2D eigenvalue weighted by Crippen LogP contribution is -1.93. The first-order chi connectivity index (χ1) is 6.74. The zero-order valence-corrected chi connectivity index (χ0v) is 8.27. The smallest absolute Gasteiger partial charge is 0.288 e. The Morgan fingerprint density at radius 2 is 2.29 bits per heavy atom. The molecule has 76 valence electrons. The number of hydrogen-bond donors (Lipinski definition) is 0. The lowest BCUT2D eigenvalue weighted by atomic mass is 10.1. The highest BCUT2D eigenvalue weighted by Gasteiger charge is 2.22. The summed E-state index contributed by atoms with van der Waals surface area (Å²) in [7, 11) is 0. The molecule has 1 saturated heterocycles. The van der Waals surface area contributed by atoms with Crippen molar-refractivity contribution in [2.45, 2.75) is 23.2 Å². The molecule has 1 aliphatic heterocycles. The highest BCUT2D eigenvalue weighted by atomic mass is 32.2. The summed E-state index contributed by atoms with van der Waals surface area (Å²) in [5.41, 5.74) is 1.07. The molecule has 1 aliphatic rings. The van der Waals surface area contributed by atoms with Gasteiger partial charge in [-0.15, -0.1) is 0 Å². The lowest BCUT2D eigenvalue weighted by molar-refractivity contribution is 0.252. The van der Waals surface area contributed by atoms with E-state index in [2.05, 4.69) is 0 Å². The van der Waals surface area contributed by atoms with Crippen LogP contribution in [0.3, 0.4) is 0 Å². The second-order valence-corrected chi connectivity index (χ2v) is 4.25.